The van der Waals surface area contributed by atoms with E-state index in [0.717, 1.165) is 0 Å². The Morgan fingerprint density at radius 2 is 2.33 bits per heavy atom. The Morgan fingerprint density at radius 1 is 1.60 bits per heavy atom. The van der Waals surface area contributed by atoms with E-state index in [1.54, 1.807) is 0 Å². The van der Waals surface area contributed by atoms with Crippen molar-refractivity contribution in [2.45, 2.75) is 13.8 Å². The molecule has 0 aliphatic heterocycles. The molecule has 2 N–H and O–H groups in total. The maximum atomic E-state index is 11.4. The van der Waals surface area contributed by atoms with E-state index in [1.165, 1.54) is 18.5 Å². The van der Waals surface area contributed by atoms with E-state index in [0.29, 0.717) is 12.5 Å². The molecule has 1 aromatic rings. The lowest BCUT2D eigenvalue weighted by Gasteiger charge is -2.07. The lowest BCUT2D eigenvalue weighted by Crippen LogP contribution is -2.25. The fourth-order valence-corrected chi connectivity index (χ4v) is 0.885. The van der Waals surface area contributed by atoms with Gasteiger partial charge in [-0.3, -0.25) is 14.6 Å². The number of hydroxylamine groups is 1. The van der Waals surface area contributed by atoms with Crippen LogP contribution < -0.4 is 5.48 Å². The highest BCUT2D eigenvalue weighted by Crippen LogP contribution is 2.07. The van der Waals surface area contributed by atoms with E-state index in [-0.39, 0.29) is 11.3 Å². The van der Waals surface area contributed by atoms with Gasteiger partial charge in [0.15, 0.2) is 0 Å². The molecular formula is C10H14N2O3. The van der Waals surface area contributed by atoms with Gasteiger partial charge in [0.1, 0.15) is 5.75 Å². The summed E-state index contributed by atoms with van der Waals surface area (Å²) < 4.78 is 0. The fourth-order valence-electron chi connectivity index (χ4n) is 0.885. The molecule has 0 spiro atoms. The standard InChI is InChI=1S/C10H14N2O3/c1-7(2)6-15-12-10(14)8-3-9(13)5-11-4-8/h3-5,7,13H,6H2,1-2H3,(H,12,14). The number of hydrogen-bond donors (Lipinski definition) is 2. The Bertz CT molecular complexity index is 339. The van der Waals surface area contributed by atoms with Gasteiger partial charge in [-0.05, 0) is 12.0 Å². The van der Waals surface area contributed by atoms with Crippen molar-refractivity contribution in [1.82, 2.24) is 10.5 Å². The minimum atomic E-state index is -0.418. The summed E-state index contributed by atoms with van der Waals surface area (Å²) in [6.45, 7) is 4.39. The maximum absolute atomic E-state index is 11.4. The van der Waals surface area contributed by atoms with Gasteiger partial charge in [0.05, 0.1) is 18.4 Å². The van der Waals surface area contributed by atoms with Crippen molar-refractivity contribution < 1.29 is 14.7 Å². The largest absolute Gasteiger partial charge is 0.506 e. The topological polar surface area (TPSA) is 71.5 Å². The number of amides is 1. The molecule has 0 saturated heterocycles. The first-order chi connectivity index (χ1) is 7.09. The SMILES string of the molecule is CC(C)CONC(=O)c1cncc(O)c1. The molecule has 1 amide bonds. The summed E-state index contributed by atoms with van der Waals surface area (Å²) in [4.78, 5) is 20.0. The first-order valence-electron chi connectivity index (χ1n) is 4.65. The third-order valence-electron chi connectivity index (χ3n) is 1.57. The second-order valence-corrected chi connectivity index (χ2v) is 3.57. The van der Waals surface area contributed by atoms with Crippen molar-refractivity contribution in [3.05, 3.63) is 24.0 Å². The zero-order valence-electron chi connectivity index (χ0n) is 8.73. The van der Waals surface area contributed by atoms with E-state index < -0.39 is 5.91 Å². The average molecular weight is 210 g/mol. The number of rotatable bonds is 4. The third-order valence-corrected chi connectivity index (χ3v) is 1.57. The molecule has 1 aromatic heterocycles. The van der Waals surface area contributed by atoms with Gasteiger partial charge in [-0.25, -0.2) is 5.48 Å². The Kier molecular flexibility index (Phi) is 4.05. The summed E-state index contributed by atoms with van der Waals surface area (Å²) in [5.41, 5.74) is 2.53. The summed E-state index contributed by atoms with van der Waals surface area (Å²) in [6.07, 6.45) is 2.61. The predicted octanol–water partition coefficient (Wildman–Crippen LogP) is 1.10. The van der Waals surface area contributed by atoms with Crippen LogP contribution in [0.2, 0.25) is 0 Å². The van der Waals surface area contributed by atoms with Gasteiger partial charge < -0.3 is 5.11 Å². The Hall–Kier alpha value is -1.62. The van der Waals surface area contributed by atoms with Crippen molar-refractivity contribution >= 4 is 5.91 Å². The highest BCUT2D eigenvalue weighted by atomic mass is 16.6. The smallest absolute Gasteiger partial charge is 0.276 e. The molecule has 0 radical (unpaired) electrons. The van der Waals surface area contributed by atoms with Crippen LogP contribution >= 0.6 is 0 Å². The molecule has 0 fully saturated rings. The van der Waals surface area contributed by atoms with E-state index in [4.69, 9.17) is 9.94 Å². The second kappa shape index (κ2) is 5.31. The molecule has 0 aliphatic rings. The monoisotopic (exact) mass is 210 g/mol. The number of hydrogen-bond acceptors (Lipinski definition) is 4. The Labute approximate surface area is 88.0 Å². The van der Waals surface area contributed by atoms with Gasteiger partial charge in [-0.15, -0.1) is 0 Å². The van der Waals surface area contributed by atoms with E-state index in [9.17, 15) is 4.79 Å². The first-order valence-corrected chi connectivity index (χ1v) is 4.65. The van der Waals surface area contributed by atoms with E-state index in [1.807, 2.05) is 13.8 Å². The molecule has 0 aromatic carbocycles. The van der Waals surface area contributed by atoms with Crippen LogP contribution in [0.4, 0.5) is 0 Å². The molecule has 1 rings (SSSR count). The summed E-state index contributed by atoms with van der Waals surface area (Å²) in [7, 11) is 0. The van der Waals surface area contributed by atoms with Crippen molar-refractivity contribution in [3.63, 3.8) is 0 Å². The zero-order chi connectivity index (χ0) is 11.3. The molecule has 0 aliphatic carbocycles. The molecule has 5 nitrogen and oxygen atoms in total. The van der Waals surface area contributed by atoms with Gasteiger partial charge in [-0.2, -0.15) is 0 Å². The Balaban J connectivity index is 2.47. The highest BCUT2D eigenvalue weighted by molar-refractivity contribution is 5.93. The number of nitrogens with zero attached hydrogens (tertiary/aromatic N) is 1. The van der Waals surface area contributed by atoms with Crippen LogP contribution in [0.3, 0.4) is 0 Å². The lowest BCUT2D eigenvalue weighted by atomic mass is 10.2. The van der Waals surface area contributed by atoms with Gasteiger partial charge in [0.2, 0.25) is 0 Å². The maximum Gasteiger partial charge on any atom is 0.276 e. The highest BCUT2D eigenvalue weighted by Gasteiger charge is 2.06. The van der Waals surface area contributed by atoms with Crippen LogP contribution in [0.1, 0.15) is 24.2 Å². The fraction of sp³-hybridized carbons (Fsp3) is 0.400. The quantitative estimate of drug-likeness (QED) is 0.730. The normalized spacial score (nSPS) is 10.3. The van der Waals surface area contributed by atoms with E-state index in [2.05, 4.69) is 10.5 Å². The molecule has 15 heavy (non-hydrogen) atoms. The van der Waals surface area contributed by atoms with Crippen LogP contribution in [0.15, 0.2) is 18.5 Å². The number of carbonyl (C=O) groups is 1. The summed E-state index contributed by atoms with van der Waals surface area (Å²) in [5.74, 6) is -0.127. The second-order valence-electron chi connectivity index (χ2n) is 3.57. The molecule has 1 heterocycles. The first kappa shape index (κ1) is 11.5. The van der Waals surface area contributed by atoms with Crippen LogP contribution in [0, 0.1) is 5.92 Å². The lowest BCUT2D eigenvalue weighted by molar-refractivity contribution is 0.0208. The number of carbonyl (C=O) groups excluding carboxylic acids is 1. The number of aromatic hydroxyl groups is 1. The zero-order valence-corrected chi connectivity index (χ0v) is 8.73. The van der Waals surface area contributed by atoms with Crippen LogP contribution in [-0.2, 0) is 4.84 Å². The molecule has 0 bridgehead atoms. The van der Waals surface area contributed by atoms with Crippen LogP contribution in [0.25, 0.3) is 0 Å². The molecule has 5 heteroatoms. The van der Waals surface area contributed by atoms with Crippen molar-refractivity contribution in [1.29, 1.82) is 0 Å². The average Bonchev–Trinajstić information content (AvgIpc) is 2.17. The molecule has 82 valence electrons. The van der Waals surface area contributed by atoms with Crippen molar-refractivity contribution in [3.8, 4) is 5.75 Å². The summed E-state index contributed by atoms with van der Waals surface area (Å²) in [5, 5.41) is 9.09. The molecule has 0 atom stereocenters. The molecular weight excluding hydrogens is 196 g/mol. The van der Waals surface area contributed by atoms with Crippen LogP contribution in [0.5, 0.6) is 5.75 Å². The van der Waals surface area contributed by atoms with Gasteiger partial charge >= 0.3 is 0 Å². The van der Waals surface area contributed by atoms with Gasteiger partial charge in [-0.1, -0.05) is 13.8 Å². The minimum absolute atomic E-state index is 0.0495. The molecule has 0 unspecified atom stereocenters. The van der Waals surface area contributed by atoms with Crippen molar-refractivity contribution in [2.24, 2.45) is 5.92 Å². The predicted molar refractivity (Wildman–Crippen MR) is 54.2 cm³/mol. The van der Waals surface area contributed by atoms with Crippen molar-refractivity contribution in [2.75, 3.05) is 6.61 Å². The van der Waals surface area contributed by atoms with Gasteiger partial charge in [0, 0.05) is 6.20 Å². The van der Waals surface area contributed by atoms with Crippen LogP contribution in [-0.4, -0.2) is 22.6 Å². The number of aromatic nitrogens is 1. The summed E-state index contributed by atoms with van der Waals surface area (Å²) >= 11 is 0. The molecule has 0 saturated carbocycles. The third kappa shape index (κ3) is 3.95. The number of nitrogens with one attached hydrogen (secondary N) is 1. The van der Waals surface area contributed by atoms with E-state index >= 15 is 0 Å². The number of pyridine rings is 1. The minimum Gasteiger partial charge on any atom is -0.506 e. The van der Waals surface area contributed by atoms with Gasteiger partial charge in [0.25, 0.3) is 5.91 Å². The summed E-state index contributed by atoms with van der Waals surface area (Å²) in [6, 6.07) is 1.32. The Morgan fingerprint density at radius 3 is 2.93 bits per heavy atom.